The highest BCUT2D eigenvalue weighted by Gasteiger charge is 2.44. The van der Waals surface area contributed by atoms with Crippen LogP contribution in [-0.4, -0.2) is 34.5 Å². The summed E-state index contributed by atoms with van der Waals surface area (Å²) in [5.41, 5.74) is 0.152. The summed E-state index contributed by atoms with van der Waals surface area (Å²) in [6.45, 7) is 11.2. The minimum Gasteiger partial charge on any atom is -0.444 e. The third-order valence-electron chi connectivity index (χ3n) is 4.37. The molecule has 0 aromatic heterocycles. The number of hydrogen-bond donors (Lipinski definition) is 0. The second-order valence-electron chi connectivity index (χ2n) is 7.44. The number of hydrogen-bond acceptors (Lipinski definition) is 3. The van der Waals surface area contributed by atoms with Crippen LogP contribution in [0.25, 0.3) is 0 Å². The quantitative estimate of drug-likeness (QED) is 0.729. The number of nitrogens with zero attached hydrogens (tertiary/aromatic N) is 1. The Morgan fingerprint density at radius 2 is 1.67 bits per heavy atom. The van der Waals surface area contributed by atoms with Crippen LogP contribution in [0.3, 0.4) is 0 Å². The Bertz CT molecular complexity index is 435. The highest BCUT2D eigenvalue weighted by molar-refractivity contribution is 5.96. The lowest BCUT2D eigenvalue weighted by atomic mass is 9.76. The maximum Gasteiger partial charge on any atom is 0.410 e. The minimum absolute atomic E-state index is 0.0245. The van der Waals surface area contributed by atoms with Crippen molar-refractivity contribution in [1.29, 1.82) is 0 Å². The van der Waals surface area contributed by atoms with Crippen LogP contribution in [0.15, 0.2) is 12.2 Å². The van der Waals surface area contributed by atoms with E-state index in [1.165, 1.54) is 0 Å². The number of fused-ring (bicyclic) bond motifs is 2. The summed E-state index contributed by atoms with van der Waals surface area (Å²) < 4.78 is 5.54. The van der Waals surface area contributed by atoms with Gasteiger partial charge in [0.05, 0.1) is 0 Å². The van der Waals surface area contributed by atoms with Crippen molar-refractivity contribution in [3.05, 3.63) is 12.2 Å². The molecular weight excluding hydrogens is 266 g/mol. The Balaban J connectivity index is 2.11. The van der Waals surface area contributed by atoms with E-state index in [1.54, 1.807) is 6.92 Å². The monoisotopic (exact) mass is 293 g/mol. The first kappa shape index (κ1) is 16.1. The van der Waals surface area contributed by atoms with Gasteiger partial charge in [0.25, 0.3) is 0 Å². The van der Waals surface area contributed by atoms with Crippen LogP contribution < -0.4 is 0 Å². The Morgan fingerprint density at radius 3 is 2.10 bits per heavy atom. The van der Waals surface area contributed by atoms with Crippen molar-refractivity contribution in [3.8, 4) is 0 Å². The normalized spacial score (nSPS) is 29.0. The number of piperidine rings is 2. The van der Waals surface area contributed by atoms with Crippen molar-refractivity contribution in [2.45, 2.75) is 77.5 Å². The van der Waals surface area contributed by atoms with Gasteiger partial charge in [-0.2, -0.15) is 0 Å². The second-order valence-corrected chi connectivity index (χ2v) is 7.44. The van der Waals surface area contributed by atoms with E-state index in [0.717, 1.165) is 32.1 Å². The van der Waals surface area contributed by atoms with Gasteiger partial charge in [0.1, 0.15) is 5.60 Å². The first-order valence-corrected chi connectivity index (χ1v) is 7.90. The molecule has 2 heterocycles. The van der Waals surface area contributed by atoms with Crippen LogP contribution in [0.4, 0.5) is 4.79 Å². The topological polar surface area (TPSA) is 46.6 Å². The average Bonchev–Trinajstić information content (AvgIpc) is 2.33. The molecule has 0 aromatic rings. The lowest BCUT2D eigenvalue weighted by Crippen LogP contribution is -2.56. The lowest BCUT2D eigenvalue weighted by molar-refractivity contribution is -0.123. The van der Waals surface area contributed by atoms with Gasteiger partial charge < -0.3 is 9.64 Å². The fourth-order valence-electron chi connectivity index (χ4n) is 3.56. The van der Waals surface area contributed by atoms with Crippen molar-refractivity contribution in [2.75, 3.05) is 0 Å². The predicted molar refractivity (Wildman–Crippen MR) is 82.0 cm³/mol. The van der Waals surface area contributed by atoms with E-state index in [4.69, 9.17) is 4.74 Å². The van der Waals surface area contributed by atoms with Crippen LogP contribution in [0.1, 0.15) is 59.8 Å². The van der Waals surface area contributed by atoms with Crippen LogP contribution in [0.5, 0.6) is 0 Å². The van der Waals surface area contributed by atoms with Crippen molar-refractivity contribution >= 4 is 11.9 Å². The highest BCUT2D eigenvalue weighted by Crippen LogP contribution is 2.38. The molecule has 0 N–H and O–H groups in total. The third-order valence-corrected chi connectivity index (χ3v) is 4.37. The molecule has 2 unspecified atom stereocenters. The van der Waals surface area contributed by atoms with Gasteiger partial charge >= 0.3 is 6.09 Å². The standard InChI is InChI=1S/C17H27NO3/c1-11(2)15(19)12-9-13-7-6-8-14(10-12)18(13)16(20)21-17(3,4)5/h12-14H,1,6-10H2,2-5H3. The summed E-state index contributed by atoms with van der Waals surface area (Å²) in [5, 5.41) is 0. The first-order chi connectivity index (χ1) is 9.69. The van der Waals surface area contributed by atoms with Crippen molar-refractivity contribution in [2.24, 2.45) is 5.92 Å². The number of Topliss-reactive ketones (excluding diaryl/α,β-unsaturated/α-hetero) is 1. The molecule has 118 valence electrons. The number of amides is 1. The van der Waals surface area contributed by atoms with Gasteiger partial charge in [0, 0.05) is 18.0 Å². The zero-order valence-corrected chi connectivity index (χ0v) is 13.6. The van der Waals surface area contributed by atoms with E-state index < -0.39 is 5.60 Å². The Morgan fingerprint density at radius 1 is 1.14 bits per heavy atom. The number of allylic oxidation sites excluding steroid dienone is 1. The molecule has 2 saturated heterocycles. The van der Waals surface area contributed by atoms with E-state index in [1.807, 2.05) is 25.7 Å². The maximum absolute atomic E-state index is 12.4. The highest BCUT2D eigenvalue weighted by atomic mass is 16.6. The summed E-state index contributed by atoms with van der Waals surface area (Å²) in [7, 11) is 0. The predicted octanol–water partition coefficient (Wildman–Crippen LogP) is 3.70. The van der Waals surface area contributed by atoms with E-state index in [0.29, 0.717) is 5.57 Å². The third kappa shape index (κ3) is 3.66. The van der Waals surface area contributed by atoms with E-state index in [9.17, 15) is 9.59 Å². The maximum atomic E-state index is 12.4. The van der Waals surface area contributed by atoms with Crippen LogP contribution in [0.2, 0.25) is 0 Å². The van der Waals surface area contributed by atoms with Crippen molar-refractivity contribution < 1.29 is 14.3 Å². The fourth-order valence-corrected chi connectivity index (χ4v) is 3.56. The molecule has 1 amide bonds. The Hall–Kier alpha value is -1.32. The first-order valence-electron chi connectivity index (χ1n) is 7.90. The SMILES string of the molecule is C=C(C)C(=O)C1CC2CCCC(C1)N2C(=O)OC(C)(C)C. The molecule has 0 aliphatic carbocycles. The van der Waals surface area contributed by atoms with Gasteiger partial charge in [0.15, 0.2) is 5.78 Å². The van der Waals surface area contributed by atoms with Gasteiger partial charge in [-0.05, 0) is 65.4 Å². The largest absolute Gasteiger partial charge is 0.444 e. The van der Waals surface area contributed by atoms with Crippen LogP contribution in [0, 0.1) is 5.92 Å². The van der Waals surface area contributed by atoms with E-state index in [2.05, 4.69) is 6.58 Å². The molecule has 2 aliphatic rings. The molecule has 0 radical (unpaired) electrons. The van der Waals surface area contributed by atoms with Gasteiger partial charge in [0.2, 0.25) is 0 Å². The number of carbonyl (C=O) groups is 2. The molecule has 2 bridgehead atoms. The fraction of sp³-hybridized carbons (Fsp3) is 0.765. The summed E-state index contributed by atoms with van der Waals surface area (Å²) in [6.07, 6.45) is 4.34. The molecule has 4 nitrogen and oxygen atoms in total. The summed E-state index contributed by atoms with van der Waals surface area (Å²) in [5.74, 6) is 0.187. The summed E-state index contributed by atoms with van der Waals surface area (Å²) in [6, 6.07) is 0.279. The number of rotatable bonds is 2. The zero-order chi connectivity index (χ0) is 15.8. The zero-order valence-electron chi connectivity index (χ0n) is 13.6. The van der Waals surface area contributed by atoms with Gasteiger partial charge in [-0.1, -0.05) is 6.58 Å². The summed E-state index contributed by atoms with van der Waals surface area (Å²) >= 11 is 0. The van der Waals surface area contributed by atoms with E-state index >= 15 is 0 Å². The molecule has 21 heavy (non-hydrogen) atoms. The molecule has 2 aliphatic heterocycles. The molecule has 0 saturated carbocycles. The van der Waals surface area contributed by atoms with Crippen molar-refractivity contribution in [3.63, 3.8) is 0 Å². The minimum atomic E-state index is -0.476. The van der Waals surface area contributed by atoms with Crippen LogP contribution in [-0.2, 0) is 9.53 Å². The Labute approximate surface area is 127 Å². The molecule has 2 rings (SSSR count). The van der Waals surface area contributed by atoms with Gasteiger partial charge in [-0.15, -0.1) is 0 Å². The second kappa shape index (κ2) is 5.82. The molecular formula is C17H27NO3. The number of carbonyl (C=O) groups excluding carboxylic acids is 2. The molecule has 2 fully saturated rings. The molecule has 2 atom stereocenters. The number of ether oxygens (including phenoxy) is 1. The molecule has 0 spiro atoms. The molecule has 4 heteroatoms. The van der Waals surface area contributed by atoms with Gasteiger partial charge in [-0.25, -0.2) is 4.79 Å². The Kier molecular flexibility index (Phi) is 4.45. The van der Waals surface area contributed by atoms with Crippen molar-refractivity contribution in [1.82, 2.24) is 4.90 Å². The smallest absolute Gasteiger partial charge is 0.410 e. The average molecular weight is 293 g/mol. The molecule has 0 aromatic carbocycles. The lowest BCUT2D eigenvalue weighted by Gasteiger charge is -2.48. The van der Waals surface area contributed by atoms with Gasteiger partial charge in [-0.3, -0.25) is 4.79 Å². The van der Waals surface area contributed by atoms with E-state index in [-0.39, 0.29) is 29.9 Å². The summed E-state index contributed by atoms with van der Waals surface area (Å²) in [4.78, 5) is 26.5. The van der Waals surface area contributed by atoms with Crippen LogP contribution >= 0.6 is 0 Å². The number of ketones is 1.